The normalized spacial score (nSPS) is 12.2. The molecule has 1 atom stereocenters. The third kappa shape index (κ3) is 3.25. The van der Waals surface area contributed by atoms with Gasteiger partial charge in [0.15, 0.2) is 5.65 Å². The van der Waals surface area contributed by atoms with Crippen molar-refractivity contribution in [3.8, 4) is 11.3 Å². The number of aliphatic hydroxyl groups excluding tert-OH is 1. The zero-order valence-electron chi connectivity index (χ0n) is 14.0. The van der Waals surface area contributed by atoms with Crippen LogP contribution >= 0.6 is 0 Å². The summed E-state index contributed by atoms with van der Waals surface area (Å²) in [5.74, 6) is 0.688. The van der Waals surface area contributed by atoms with E-state index in [1.165, 1.54) is 6.33 Å². The van der Waals surface area contributed by atoms with Gasteiger partial charge in [-0.3, -0.25) is 0 Å². The van der Waals surface area contributed by atoms with E-state index in [4.69, 9.17) is 0 Å². The maximum absolute atomic E-state index is 9.41. The lowest BCUT2D eigenvalue weighted by molar-refractivity contribution is 0.280. The third-order valence-electron chi connectivity index (χ3n) is 4.16. The molecule has 4 rings (SSSR count). The Hall–Kier alpha value is -3.32. The van der Waals surface area contributed by atoms with E-state index in [1.807, 2.05) is 48.7 Å². The van der Waals surface area contributed by atoms with Gasteiger partial charge in [-0.25, -0.2) is 19.5 Å². The molecule has 0 unspecified atom stereocenters. The van der Waals surface area contributed by atoms with Crippen molar-refractivity contribution in [3.63, 3.8) is 0 Å². The van der Waals surface area contributed by atoms with Crippen LogP contribution < -0.4 is 5.32 Å². The second kappa shape index (κ2) is 7.28. The van der Waals surface area contributed by atoms with Gasteiger partial charge in [0.25, 0.3) is 0 Å². The summed E-state index contributed by atoms with van der Waals surface area (Å²) in [6.07, 6.45) is 7.43. The topological polar surface area (TPSA) is 88.2 Å². The van der Waals surface area contributed by atoms with Crippen molar-refractivity contribution in [2.45, 2.75) is 12.5 Å². The second-order valence-electron chi connectivity index (χ2n) is 5.85. The minimum absolute atomic E-state index is 0.0361. The van der Waals surface area contributed by atoms with Crippen LogP contribution in [0, 0.1) is 0 Å². The molecule has 3 aromatic heterocycles. The van der Waals surface area contributed by atoms with E-state index in [0.29, 0.717) is 12.2 Å². The van der Waals surface area contributed by atoms with Crippen LogP contribution in [0.25, 0.3) is 16.9 Å². The summed E-state index contributed by atoms with van der Waals surface area (Å²) in [6.45, 7) is 0.0858. The van der Waals surface area contributed by atoms with Crippen LogP contribution in [-0.2, 0) is 0 Å². The van der Waals surface area contributed by atoms with Gasteiger partial charge < -0.3 is 10.4 Å². The molecule has 0 aliphatic heterocycles. The van der Waals surface area contributed by atoms with Crippen LogP contribution in [0.5, 0.6) is 0 Å². The van der Waals surface area contributed by atoms with Gasteiger partial charge in [-0.2, -0.15) is 5.10 Å². The lowest BCUT2D eigenvalue weighted by Crippen LogP contribution is -2.13. The van der Waals surface area contributed by atoms with Crippen molar-refractivity contribution in [1.29, 1.82) is 0 Å². The van der Waals surface area contributed by atoms with Gasteiger partial charge in [0, 0.05) is 25.1 Å². The minimum atomic E-state index is -0.0361. The Balaban J connectivity index is 1.65. The van der Waals surface area contributed by atoms with Gasteiger partial charge in [0.1, 0.15) is 12.1 Å². The molecular formula is C19H18N6O. The molecule has 0 saturated carbocycles. The van der Waals surface area contributed by atoms with Gasteiger partial charge >= 0.3 is 0 Å². The first-order chi connectivity index (χ1) is 12.8. The number of hydrogen-bond donors (Lipinski definition) is 2. The molecule has 130 valence electrons. The number of aliphatic hydroxyl groups is 1. The monoisotopic (exact) mass is 346 g/mol. The fourth-order valence-corrected chi connectivity index (χ4v) is 2.91. The van der Waals surface area contributed by atoms with Crippen LogP contribution in [0.4, 0.5) is 5.82 Å². The van der Waals surface area contributed by atoms with Gasteiger partial charge in [-0.15, -0.1) is 0 Å². The molecule has 3 heterocycles. The Morgan fingerprint density at radius 2 is 1.96 bits per heavy atom. The standard InChI is InChI=1S/C19H18N6O/c26-10-7-16(14-5-2-1-3-6-14)24-18-11-17(21-13-22-18)15-12-23-25-9-4-8-20-19(15)25/h1-6,8-9,11-13,16,26H,7,10H2,(H,21,22,24)/t16-/m0/s1. The largest absolute Gasteiger partial charge is 0.396 e. The first-order valence-electron chi connectivity index (χ1n) is 8.38. The lowest BCUT2D eigenvalue weighted by atomic mass is 10.0. The number of hydrogen-bond acceptors (Lipinski definition) is 6. The highest BCUT2D eigenvalue weighted by Gasteiger charge is 2.14. The Bertz CT molecular complexity index is 1000. The van der Waals surface area contributed by atoms with E-state index in [2.05, 4.69) is 25.4 Å². The number of anilines is 1. The number of aromatic nitrogens is 5. The Labute approximate surface area is 150 Å². The van der Waals surface area contributed by atoms with Crippen LogP contribution in [-0.4, -0.2) is 36.3 Å². The van der Waals surface area contributed by atoms with Crippen LogP contribution in [0.1, 0.15) is 18.0 Å². The Kier molecular flexibility index (Phi) is 4.53. The average molecular weight is 346 g/mol. The molecule has 0 amide bonds. The smallest absolute Gasteiger partial charge is 0.164 e. The van der Waals surface area contributed by atoms with Crippen molar-refractivity contribution in [3.05, 3.63) is 72.9 Å². The summed E-state index contributed by atoms with van der Waals surface area (Å²) in [5.41, 5.74) is 3.42. The van der Waals surface area contributed by atoms with Crippen molar-refractivity contribution in [2.75, 3.05) is 11.9 Å². The lowest BCUT2D eigenvalue weighted by Gasteiger charge is -2.19. The highest BCUT2D eigenvalue weighted by Crippen LogP contribution is 2.25. The molecule has 0 aliphatic carbocycles. The SMILES string of the molecule is OCC[C@H](Nc1cc(-c2cnn3cccnc23)ncn1)c1ccccc1. The molecule has 26 heavy (non-hydrogen) atoms. The van der Waals surface area contributed by atoms with E-state index in [1.54, 1.807) is 16.9 Å². The van der Waals surface area contributed by atoms with E-state index in [-0.39, 0.29) is 12.6 Å². The maximum atomic E-state index is 9.41. The summed E-state index contributed by atoms with van der Waals surface area (Å²) in [6, 6.07) is 13.7. The molecule has 2 N–H and O–H groups in total. The van der Waals surface area contributed by atoms with Crippen molar-refractivity contribution in [2.24, 2.45) is 0 Å². The van der Waals surface area contributed by atoms with Crippen molar-refractivity contribution in [1.82, 2.24) is 24.6 Å². The summed E-state index contributed by atoms with van der Waals surface area (Å²) in [4.78, 5) is 13.1. The molecule has 0 radical (unpaired) electrons. The molecule has 1 aromatic carbocycles. The number of benzene rings is 1. The summed E-state index contributed by atoms with van der Waals surface area (Å²) in [5, 5.41) is 17.1. The molecule has 7 nitrogen and oxygen atoms in total. The number of fused-ring (bicyclic) bond motifs is 1. The first-order valence-corrected chi connectivity index (χ1v) is 8.38. The molecular weight excluding hydrogens is 328 g/mol. The molecule has 0 bridgehead atoms. The zero-order chi connectivity index (χ0) is 17.8. The second-order valence-corrected chi connectivity index (χ2v) is 5.85. The van der Waals surface area contributed by atoms with E-state index in [0.717, 1.165) is 22.5 Å². The van der Waals surface area contributed by atoms with Gasteiger partial charge in [-0.1, -0.05) is 30.3 Å². The Morgan fingerprint density at radius 1 is 1.08 bits per heavy atom. The minimum Gasteiger partial charge on any atom is -0.396 e. The Morgan fingerprint density at radius 3 is 2.81 bits per heavy atom. The van der Waals surface area contributed by atoms with Crippen molar-refractivity contribution >= 4 is 11.5 Å². The number of nitrogens with zero attached hydrogens (tertiary/aromatic N) is 5. The zero-order valence-corrected chi connectivity index (χ0v) is 14.0. The average Bonchev–Trinajstić information content (AvgIpc) is 3.13. The molecule has 7 heteroatoms. The van der Waals surface area contributed by atoms with E-state index >= 15 is 0 Å². The number of nitrogens with one attached hydrogen (secondary N) is 1. The predicted molar refractivity (Wildman–Crippen MR) is 98.5 cm³/mol. The van der Waals surface area contributed by atoms with Crippen LogP contribution in [0.3, 0.4) is 0 Å². The van der Waals surface area contributed by atoms with Crippen LogP contribution in [0.2, 0.25) is 0 Å². The quantitative estimate of drug-likeness (QED) is 0.558. The fourth-order valence-electron chi connectivity index (χ4n) is 2.91. The molecule has 4 aromatic rings. The maximum Gasteiger partial charge on any atom is 0.164 e. The first kappa shape index (κ1) is 16.2. The molecule has 0 spiro atoms. The predicted octanol–water partition coefficient (Wildman–Crippen LogP) is 2.72. The van der Waals surface area contributed by atoms with Gasteiger partial charge in [0.2, 0.25) is 0 Å². The van der Waals surface area contributed by atoms with Gasteiger partial charge in [0.05, 0.1) is 23.5 Å². The summed E-state index contributed by atoms with van der Waals surface area (Å²) < 4.78 is 1.71. The summed E-state index contributed by atoms with van der Waals surface area (Å²) in [7, 11) is 0. The molecule has 0 saturated heterocycles. The number of rotatable bonds is 6. The summed E-state index contributed by atoms with van der Waals surface area (Å²) >= 11 is 0. The highest BCUT2D eigenvalue weighted by atomic mass is 16.3. The van der Waals surface area contributed by atoms with Gasteiger partial charge in [-0.05, 0) is 18.1 Å². The third-order valence-corrected chi connectivity index (χ3v) is 4.16. The fraction of sp³-hybridized carbons (Fsp3) is 0.158. The van der Waals surface area contributed by atoms with E-state index in [9.17, 15) is 5.11 Å². The van der Waals surface area contributed by atoms with Crippen LogP contribution in [0.15, 0.2) is 67.4 Å². The highest BCUT2D eigenvalue weighted by molar-refractivity contribution is 5.75. The van der Waals surface area contributed by atoms with E-state index < -0.39 is 0 Å². The molecule has 0 aliphatic rings. The molecule has 0 fully saturated rings. The van der Waals surface area contributed by atoms with Crippen molar-refractivity contribution < 1.29 is 5.11 Å².